The first-order valence-corrected chi connectivity index (χ1v) is 6.60. The monoisotopic (exact) mass is 296 g/mol. The van der Waals surface area contributed by atoms with Crippen LogP contribution < -0.4 is 4.74 Å². The first-order valence-electron chi connectivity index (χ1n) is 6.60. The fourth-order valence-electron chi connectivity index (χ4n) is 2.25. The molecule has 0 radical (unpaired) electrons. The van der Waals surface area contributed by atoms with Crippen molar-refractivity contribution in [1.29, 1.82) is 0 Å². The zero-order chi connectivity index (χ0) is 15.7. The predicted octanol–water partition coefficient (Wildman–Crippen LogP) is 3.60. The fraction of sp³-hybridized carbons (Fsp3) is 0.0625. The number of non-ortho nitro benzene ring substituents is 1. The summed E-state index contributed by atoms with van der Waals surface area (Å²) in [5.41, 5.74) is 1.82. The number of H-pyrrole nitrogens is 1. The van der Waals surface area contributed by atoms with Gasteiger partial charge < -0.3 is 9.72 Å². The minimum Gasteiger partial charge on any atom is -0.420 e. The molecule has 1 N–H and O–H groups in total. The molecule has 0 unspecified atom stereocenters. The number of hydrogen-bond donors (Lipinski definition) is 1. The quantitative estimate of drug-likeness (QED) is 0.454. The number of nitrogens with one attached hydrogen (secondary N) is 1. The molecule has 0 spiro atoms. The number of aromatic nitrogens is 1. The number of esters is 1. The SMILES string of the molecule is Cc1[nH]c2ccccc2c1OC(=O)c1ccc([N+](=O)[O-])cc1. The van der Waals surface area contributed by atoms with Gasteiger partial charge in [-0.3, -0.25) is 10.1 Å². The van der Waals surface area contributed by atoms with E-state index in [0.29, 0.717) is 5.75 Å². The lowest BCUT2D eigenvalue weighted by atomic mass is 10.2. The van der Waals surface area contributed by atoms with Crippen LogP contribution in [-0.4, -0.2) is 15.9 Å². The Hall–Kier alpha value is -3.15. The highest BCUT2D eigenvalue weighted by molar-refractivity contribution is 5.95. The smallest absolute Gasteiger partial charge is 0.343 e. The molecule has 1 heterocycles. The zero-order valence-electron chi connectivity index (χ0n) is 11.7. The van der Waals surface area contributed by atoms with Crippen LogP contribution in [0.3, 0.4) is 0 Å². The molecule has 1 aromatic heterocycles. The van der Waals surface area contributed by atoms with Gasteiger partial charge in [-0.1, -0.05) is 12.1 Å². The van der Waals surface area contributed by atoms with Crippen molar-refractivity contribution in [3.63, 3.8) is 0 Å². The number of carbonyl (C=O) groups excluding carboxylic acids is 1. The molecule has 6 heteroatoms. The second-order valence-electron chi connectivity index (χ2n) is 4.82. The summed E-state index contributed by atoms with van der Waals surface area (Å²) in [6, 6.07) is 12.8. The summed E-state index contributed by atoms with van der Waals surface area (Å²) < 4.78 is 5.44. The molecule has 0 amide bonds. The van der Waals surface area contributed by atoms with Crippen LogP contribution in [0.25, 0.3) is 10.9 Å². The Bertz CT molecular complexity index is 865. The van der Waals surface area contributed by atoms with Crippen molar-refractivity contribution >= 4 is 22.6 Å². The van der Waals surface area contributed by atoms with Crippen molar-refractivity contribution in [2.24, 2.45) is 0 Å². The lowest BCUT2D eigenvalue weighted by Gasteiger charge is -2.04. The molecule has 0 saturated heterocycles. The molecule has 22 heavy (non-hydrogen) atoms. The first-order chi connectivity index (χ1) is 10.6. The molecule has 110 valence electrons. The first kappa shape index (κ1) is 13.8. The van der Waals surface area contributed by atoms with E-state index in [1.807, 2.05) is 31.2 Å². The highest BCUT2D eigenvalue weighted by atomic mass is 16.6. The lowest BCUT2D eigenvalue weighted by molar-refractivity contribution is -0.384. The molecule has 0 aliphatic rings. The van der Waals surface area contributed by atoms with Crippen LogP contribution in [0.1, 0.15) is 16.1 Å². The predicted molar refractivity (Wildman–Crippen MR) is 81.1 cm³/mol. The summed E-state index contributed by atoms with van der Waals surface area (Å²) in [5, 5.41) is 11.4. The molecule has 2 aromatic carbocycles. The number of carbonyl (C=O) groups is 1. The van der Waals surface area contributed by atoms with Gasteiger partial charge in [0.2, 0.25) is 0 Å². The number of para-hydroxylation sites is 1. The third-order valence-electron chi connectivity index (χ3n) is 3.34. The van der Waals surface area contributed by atoms with E-state index in [-0.39, 0.29) is 11.3 Å². The van der Waals surface area contributed by atoms with E-state index in [1.54, 1.807) is 0 Å². The van der Waals surface area contributed by atoms with Crippen molar-refractivity contribution in [1.82, 2.24) is 4.98 Å². The van der Waals surface area contributed by atoms with Crippen LogP contribution in [0.5, 0.6) is 5.75 Å². The number of aromatic amines is 1. The van der Waals surface area contributed by atoms with Crippen LogP contribution in [0, 0.1) is 17.0 Å². The average Bonchev–Trinajstić information content (AvgIpc) is 2.83. The largest absolute Gasteiger partial charge is 0.420 e. The summed E-state index contributed by atoms with van der Waals surface area (Å²) in [6.07, 6.45) is 0. The topological polar surface area (TPSA) is 85.2 Å². The van der Waals surface area contributed by atoms with E-state index in [4.69, 9.17) is 4.74 Å². The maximum atomic E-state index is 12.2. The molecule has 6 nitrogen and oxygen atoms in total. The van der Waals surface area contributed by atoms with E-state index >= 15 is 0 Å². The van der Waals surface area contributed by atoms with Gasteiger partial charge >= 0.3 is 5.97 Å². The molecule has 0 saturated carbocycles. The third-order valence-corrected chi connectivity index (χ3v) is 3.34. The van der Waals surface area contributed by atoms with Gasteiger partial charge in [0.05, 0.1) is 16.2 Å². The Morgan fingerprint density at radius 2 is 1.82 bits per heavy atom. The summed E-state index contributed by atoms with van der Waals surface area (Å²) in [4.78, 5) is 25.4. The number of ether oxygens (including phenoxy) is 1. The fourth-order valence-corrected chi connectivity index (χ4v) is 2.25. The van der Waals surface area contributed by atoms with Gasteiger partial charge in [0, 0.05) is 23.0 Å². The molecular weight excluding hydrogens is 284 g/mol. The third kappa shape index (κ3) is 2.42. The van der Waals surface area contributed by atoms with E-state index in [9.17, 15) is 14.9 Å². The molecule has 0 atom stereocenters. The van der Waals surface area contributed by atoms with Crippen molar-refractivity contribution < 1.29 is 14.5 Å². The summed E-state index contributed by atoms with van der Waals surface area (Å²) in [7, 11) is 0. The summed E-state index contributed by atoms with van der Waals surface area (Å²) in [5.74, 6) is -0.0818. The Morgan fingerprint density at radius 3 is 2.50 bits per heavy atom. The maximum absolute atomic E-state index is 12.2. The van der Waals surface area contributed by atoms with Crippen molar-refractivity contribution in [3.05, 3.63) is 69.9 Å². The van der Waals surface area contributed by atoms with Gasteiger partial charge in [-0.25, -0.2) is 4.79 Å². The van der Waals surface area contributed by atoms with Gasteiger partial charge in [-0.05, 0) is 31.2 Å². The number of rotatable bonds is 3. The maximum Gasteiger partial charge on any atom is 0.343 e. The van der Waals surface area contributed by atoms with Crippen molar-refractivity contribution in [2.75, 3.05) is 0 Å². The number of benzene rings is 2. The zero-order valence-corrected chi connectivity index (χ0v) is 11.7. The number of fused-ring (bicyclic) bond motifs is 1. The molecule has 3 aromatic rings. The lowest BCUT2D eigenvalue weighted by Crippen LogP contribution is -2.08. The van der Waals surface area contributed by atoms with E-state index in [2.05, 4.69) is 4.98 Å². The second-order valence-corrected chi connectivity index (χ2v) is 4.82. The van der Waals surface area contributed by atoms with Crippen molar-refractivity contribution in [3.8, 4) is 5.75 Å². The van der Waals surface area contributed by atoms with Gasteiger partial charge in [0.15, 0.2) is 5.75 Å². The molecule has 0 aliphatic heterocycles. The molecule has 0 fully saturated rings. The Morgan fingerprint density at radius 1 is 1.14 bits per heavy atom. The number of nitro benzene ring substituents is 1. The van der Waals surface area contributed by atoms with E-state index in [1.165, 1.54) is 24.3 Å². The number of hydrogen-bond acceptors (Lipinski definition) is 4. The standard InChI is InChI=1S/C16H12N2O4/c1-10-15(13-4-2-3-5-14(13)17-10)22-16(19)11-6-8-12(9-7-11)18(20)21/h2-9,17H,1H3. The van der Waals surface area contributed by atoms with Crippen LogP contribution >= 0.6 is 0 Å². The number of aryl methyl sites for hydroxylation is 1. The summed E-state index contributed by atoms with van der Waals surface area (Å²) in [6.45, 7) is 1.82. The second kappa shape index (κ2) is 5.33. The Balaban J connectivity index is 1.90. The van der Waals surface area contributed by atoms with Gasteiger partial charge in [0.1, 0.15) is 0 Å². The van der Waals surface area contributed by atoms with Gasteiger partial charge in [-0.15, -0.1) is 0 Å². The van der Waals surface area contributed by atoms with Gasteiger partial charge in [0.25, 0.3) is 5.69 Å². The van der Waals surface area contributed by atoms with Crippen LogP contribution in [0.15, 0.2) is 48.5 Å². The van der Waals surface area contributed by atoms with Crippen LogP contribution in [0.2, 0.25) is 0 Å². The summed E-state index contributed by atoms with van der Waals surface area (Å²) >= 11 is 0. The number of nitro groups is 1. The molecule has 0 aliphatic carbocycles. The highest BCUT2D eigenvalue weighted by Gasteiger charge is 2.16. The minimum atomic E-state index is -0.553. The average molecular weight is 296 g/mol. The van der Waals surface area contributed by atoms with Gasteiger partial charge in [-0.2, -0.15) is 0 Å². The minimum absolute atomic E-state index is 0.0696. The highest BCUT2D eigenvalue weighted by Crippen LogP contribution is 2.30. The number of nitrogens with zero attached hydrogens (tertiary/aromatic N) is 1. The van der Waals surface area contributed by atoms with Crippen LogP contribution in [-0.2, 0) is 0 Å². The van der Waals surface area contributed by atoms with Crippen molar-refractivity contribution in [2.45, 2.75) is 6.92 Å². The van der Waals surface area contributed by atoms with Crippen LogP contribution in [0.4, 0.5) is 5.69 Å². The molecule has 0 bridgehead atoms. The van der Waals surface area contributed by atoms with E-state index < -0.39 is 10.9 Å². The Labute approximate surface area is 125 Å². The van der Waals surface area contributed by atoms with E-state index in [0.717, 1.165) is 16.6 Å². The molecule has 3 rings (SSSR count). The molecular formula is C16H12N2O4. The Kier molecular flexibility index (Phi) is 3.34. The normalized spacial score (nSPS) is 10.6.